The summed E-state index contributed by atoms with van der Waals surface area (Å²) in [6, 6.07) is -0.990. The Kier molecular flexibility index (Phi) is 2.09. The van der Waals surface area contributed by atoms with Gasteiger partial charge in [0.15, 0.2) is 6.04 Å². The summed E-state index contributed by atoms with van der Waals surface area (Å²) in [6.07, 6.45) is -0.927. The van der Waals surface area contributed by atoms with Crippen molar-refractivity contribution in [3.8, 4) is 0 Å². The summed E-state index contributed by atoms with van der Waals surface area (Å²) in [4.78, 5) is 13.1. The molecule has 1 unspecified atom stereocenters. The highest BCUT2D eigenvalue weighted by Gasteiger charge is 2.28. The van der Waals surface area contributed by atoms with Crippen molar-refractivity contribution in [3.05, 3.63) is 0 Å². The molecule has 0 aliphatic carbocycles. The maximum Gasteiger partial charge on any atom is 0.240 e. The molecule has 0 aromatic heterocycles. The first-order valence-electron chi connectivity index (χ1n) is 3.34. The quantitative estimate of drug-likeness (QED) is 0.359. The standard InChI is InChI=1S/C6H10N2O3/c1-3-7-2-4(9)5(8-3)6(10)11/h4-5,9H,2H2,1H3,(H,7,8)(H,10,11)/t4?,5-/m0/s1. The number of rotatable bonds is 1. The smallest absolute Gasteiger partial charge is 0.240 e. The van der Waals surface area contributed by atoms with Gasteiger partial charge in [-0.15, -0.1) is 0 Å². The molecule has 1 rings (SSSR count). The van der Waals surface area contributed by atoms with Gasteiger partial charge in [0.05, 0.1) is 5.97 Å². The van der Waals surface area contributed by atoms with Gasteiger partial charge in [0.2, 0.25) is 5.84 Å². The summed E-state index contributed by atoms with van der Waals surface area (Å²) in [7, 11) is 0. The second-order valence-corrected chi connectivity index (χ2v) is 2.51. The highest BCUT2D eigenvalue weighted by Crippen LogP contribution is 1.91. The van der Waals surface area contributed by atoms with Crippen molar-refractivity contribution in [1.82, 2.24) is 5.32 Å². The van der Waals surface area contributed by atoms with Crippen LogP contribution in [0, 0.1) is 0 Å². The van der Waals surface area contributed by atoms with Crippen molar-refractivity contribution in [2.75, 3.05) is 6.54 Å². The van der Waals surface area contributed by atoms with Crippen LogP contribution in [0.3, 0.4) is 0 Å². The Hall–Kier alpha value is -1.10. The molecule has 0 aromatic rings. The number of carboxylic acid groups (broad SMARTS) is 1. The zero-order valence-electron chi connectivity index (χ0n) is 6.13. The van der Waals surface area contributed by atoms with Crippen LogP contribution in [0.25, 0.3) is 0 Å². The molecule has 0 radical (unpaired) electrons. The van der Waals surface area contributed by atoms with Crippen molar-refractivity contribution in [3.63, 3.8) is 0 Å². The predicted molar refractivity (Wildman–Crippen MR) is 34.4 cm³/mol. The molecule has 0 saturated heterocycles. The van der Waals surface area contributed by atoms with Gasteiger partial charge in [-0.3, -0.25) is 10.3 Å². The van der Waals surface area contributed by atoms with Crippen LogP contribution >= 0.6 is 0 Å². The van der Waals surface area contributed by atoms with Gasteiger partial charge in [-0.05, 0) is 0 Å². The van der Waals surface area contributed by atoms with E-state index in [1.165, 1.54) is 0 Å². The summed E-state index contributed by atoms with van der Waals surface area (Å²) in [6.45, 7) is 1.94. The normalized spacial score (nSPS) is 30.5. The molecule has 1 aliphatic rings. The van der Waals surface area contributed by atoms with Gasteiger partial charge in [-0.2, -0.15) is 0 Å². The number of amidine groups is 1. The zero-order valence-corrected chi connectivity index (χ0v) is 6.13. The number of aliphatic carboxylic acids is 1. The average molecular weight is 158 g/mol. The molecular weight excluding hydrogens is 148 g/mol. The molecule has 0 bridgehead atoms. The van der Waals surface area contributed by atoms with Crippen LogP contribution in [0.1, 0.15) is 6.92 Å². The minimum Gasteiger partial charge on any atom is -0.545 e. The Balaban J connectivity index is 2.67. The Morgan fingerprint density at radius 3 is 3.00 bits per heavy atom. The zero-order chi connectivity index (χ0) is 8.43. The first-order valence-corrected chi connectivity index (χ1v) is 3.34. The topological polar surface area (TPSA) is 86.4 Å². The molecule has 1 heterocycles. The van der Waals surface area contributed by atoms with E-state index in [2.05, 4.69) is 10.3 Å². The van der Waals surface area contributed by atoms with Crippen molar-refractivity contribution in [1.29, 1.82) is 0 Å². The number of hydrogen-bond donors (Lipinski definition) is 3. The summed E-state index contributed by atoms with van der Waals surface area (Å²) in [5, 5.41) is 22.0. The summed E-state index contributed by atoms with van der Waals surface area (Å²) >= 11 is 0. The van der Waals surface area contributed by atoms with Crippen LogP contribution in [-0.2, 0) is 4.79 Å². The number of hydrogen-bond acceptors (Lipinski definition) is 4. The number of aliphatic hydroxyl groups is 1. The SMILES string of the molecule is CC1=[NH+]CC(O)[C@@H](C(=O)[O-])N1. The molecule has 5 nitrogen and oxygen atoms in total. The second kappa shape index (κ2) is 2.87. The molecule has 62 valence electrons. The van der Waals surface area contributed by atoms with Crippen molar-refractivity contribution < 1.29 is 20.0 Å². The summed E-state index contributed by atoms with van der Waals surface area (Å²) < 4.78 is 0. The maximum absolute atomic E-state index is 10.3. The molecule has 0 spiro atoms. The summed E-state index contributed by atoms with van der Waals surface area (Å²) in [5.74, 6) is -0.636. The number of nitrogens with one attached hydrogen (secondary N) is 2. The number of carbonyl (C=O) groups is 1. The highest BCUT2D eigenvalue weighted by molar-refractivity contribution is 5.82. The number of aliphatic hydroxyl groups excluding tert-OH is 1. The third kappa shape index (κ3) is 1.68. The molecule has 11 heavy (non-hydrogen) atoms. The van der Waals surface area contributed by atoms with Crippen molar-refractivity contribution in [2.24, 2.45) is 0 Å². The van der Waals surface area contributed by atoms with Crippen LogP contribution in [0.5, 0.6) is 0 Å². The molecule has 5 heteroatoms. The Morgan fingerprint density at radius 2 is 2.55 bits per heavy atom. The molecule has 0 fully saturated rings. The van der Waals surface area contributed by atoms with Gasteiger partial charge in [0, 0.05) is 6.92 Å². The predicted octanol–water partition coefficient (Wildman–Crippen LogP) is -4.43. The lowest BCUT2D eigenvalue weighted by molar-refractivity contribution is -0.480. The largest absolute Gasteiger partial charge is 0.545 e. The Labute approximate surface area is 63.8 Å². The van der Waals surface area contributed by atoms with E-state index in [1.54, 1.807) is 6.92 Å². The van der Waals surface area contributed by atoms with Crippen LogP contribution in [-0.4, -0.2) is 35.6 Å². The average Bonchev–Trinajstić information content (AvgIpc) is 1.94. The Bertz CT molecular complexity index is 202. The minimum absolute atomic E-state index is 0.248. The first kappa shape index (κ1) is 8.00. The van der Waals surface area contributed by atoms with Crippen molar-refractivity contribution >= 4 is 11.8 Å². The molecule has 3 N–H and O–H groups in total. The molecule has 0 saturated carbocycles. The van der Waals surface area contributed by atoms with E-state index in [0.29, 0.717) is 5.84 Å². The maximum atomic E-state index is 10.3. The van der Waals surface area contributed by atoms with Crippen LogP contribution in [0.2, 0.25) is 0 Å². The van der Waals surface area contributed by atoms with E-state index >= 15 is 0 Å². The molecule has 2 atom stereocenters. The molecule has 0 aromatic carbocycles. The van der Waals surface area contributed by atoms with Crippen LogP contribution < -0.4 is 15.4 Å². The monoisotopic (exact) mass is 158 g/mol. The van der Waals surface area contributed by atoms with E-state index in [4.69, 9.17) is 5.11 Å². The third-order valence-corrected chi connectivity index (χ3v) is 1.59. The second-order valence-electron chi connectivity index (χ2n) is 2.51. The summed E-state index contributed by atoms with van der Waals surface area (Å²) in [5.41, 5.74) is 0. The fourth-order valence-electron chi connectivity index (χ4n) is 0.972. The van der Waals surface area contributed by atoms with Gasteiger partial charge in [0.25, 0.3) is 0 Å². The van der Waals surface area contributed by atoms with Crippen LogP contribution in [0.4, 0.5) is 0 Å². The van der Waals surface area contributed by atoms with Crippen LogP contribution in [0.15, 0.2) is 0 Å². The molecular formula is C6H10N2O3. The minimum atomic E-state index is -1.28. The van der Waals surface area contributed by atoms with E-state index < -0.39 is 18.1 Å². The Morgan fingerprint density at radius 1 is 1.91 bits per heavy atom. The number of β-amino-alcohol motifs (C(OH)–C–C–N with tert-alkyl or cyclic N) is 1. The molecule has 1 aliphatic heterocycles. The van der Waals surface area contributed by atoms with E-state index in [-0.39, 0.29) is 6.54 Å². The first-order chi connectivity index (χ1) is 5.11. The lowest BCUT2D eigenvalue weighted by Gasteiger charge is -2.22. The van der Waals surface area contributed by atoms with E-state index in [9.17, 15) is 9.90 Å². The molecule has 0 amide bonds. The van der Waals surface area contributed by atoms with E-state index in [0.717, 1.165) is 0 Å². The third-order valence-electron chi connectivity index (χ3n) is 1.59. The fraction of sp³-hybridized carbons (Fsp3) is 0.667. The number of carbonyl (C=O) groups excluding carboxylic acids is 1. The van der Waals surface area contributed by atoms with Gasteiger partial charge >= 0.3 is 0 Å². The fourth-order valence-corrected chi connectivity index (χ4v) is 0.972. The van der Waals surface area contributed by atoms with Gasteiger partial charge in [-0.1, -0.05) is 0 Å². The number of carboxylic acids is 1. The van der Waals surface area contributed by atoms with Gasteiger partial charge < -0.3 is 15.0 Å². The van der Waals surface area contributed by atoms with Gasteiger partial charge in [0.1, 0.15) is 12.6 Å². The lowest BCUT2D eigenvalue weighted by Crippen LogP contribution is -2.85. The van der Waals surface area contributed by atoms with Gasteiger partial charge in [-0.25, -0.2) is 0 Å². The lowest BCUT2D eigenvalue weighted by atomic mass is 10.1. The highest BCUT2D eigenvalue weighted by atomic mass is 16.4. The van der Waals surface area contributed by atoms with Crippen molar-refractivity contribution in [2.45, 2.75) is 19.1 Å². The van der Waals surface area contributed by atoms with E-state index in [1.807, 2.05) is 0 Å².